The van der Waals surface area contributed by atoms with Crippen LogP contribution in [0, 0.1) is 0 Å². The molecule has 108 valence electrons. The average molecular weight is 285 g/mol. The van der Waals surface area contributed by atoms with Crippen LogP contribution in [0.5, 0.6) is 0 Å². The lowest BCUT2D eigenvalue weighted by molar-refractivity contribution is 0.0696. The van der Waals surface area contributed by atoms with Crippen LogP contribution in [0.1, 0.15) is 26.3 Å². The summed E-state index contributed by atoms with van der Waals surface area (Å²) in [4.78, 5) is 26.0. The van der Waals surface area contributed by atoms with Crippen molar-refractivity contribution in [3.63, 3.8) is 0 Å². The maximum absolute atomic E-state index is 11.1. The normalized spacial score (nSPS) is 10.1. The summed E-state index contributed by atoms with van der Waals surface area (Å²) < 4.78 is 0. The fourth-order valence-electron chi connectivity index (χ4n) is 1.88. The van der Waals surface area contributed by atoms with Crippen molar-refractivity contribution in [1.29, 1.82) is 0 Å². The summed E-state index contributed by atoms with van der Waals surface area (Å²) in [5.41, 5.74) is 6.76. The number of anilines is 1. The van der Waals surface area contributed by atoms with Crippen molar-refractivity contribution in [2.24, 2.45) is 5.73 Å². The lowest BCUT2D eigenvalue weighted by Gasteiger charge is -2.07. The molecule has 1 aromatic carbocycles. The molecule has 0 unspecified atom stereocenters. The second kappa shape index (κ2) is 6.51. The Morgan fingerprint density at radius 3 is 2.71 bits per heavy atom. The molecule has 21 heavy (non-hydrogen) atoms. The third-order valence-corrected chi connectivity index (χ3v) is 2.94. The number of nitrogens with zero attached hydrogens (tertiary/aromatic N) is 1. The molecule has 1 aromatic heterocycles. The van der Waals surface area contributed by atoms with Gasteiger partial charge >= 0.3 is 5.97 Å². The van der Waals surface area contributed by atoms with Gasteiger partial charge in [0.25, 0.3) is 0 Å². The van der Waals surface area contributed by atoms with Crippen molar-refractivity contribution in [3.05, 3.63) is 59.3 Å². The van der Waals surface area contributed by atoms with Crippen LogP contribution in [0.4, 0.5) is 5.82 Å². The molecule has 0 saturated carbocycles. The predicted octanol–water partition coefficient (Wildman–Crippen LogP) is 1.53. The molecular formula is C15H15N3O3. The van der Waals surface area contributed by atoms with E-state index in [1.54, 1.807) is 30.3 Å². The number of carboxylic acids is 1. The monoisotopic (exact) mass is 285 g/mol. The molecule has 6 nitrogen and oxygen atoms in total. The first-order chi connectivity index (χ1) is 10.1. The molecule has 4 N–H and O–H groups in total. The zero-order valence-electron chi connectivity index (χ0n) is 11.2. The van der Waals surface area contributed by atoms with Crippen LogP contribution in [-0.4, -0.2) is 28.5 Å². The highest BCUT2D eigenvalue weighted by Gasteiger charge is 2.04. The van der Waals surface area contributed by atoms with E-state index in [9.17, 15) is 9.59 Å². The van der Waals surface area contributed by atoms with Crippen molar-refractivity contribution < 1.29 is 14.7 Å². The van der Waals surface area contributed by atoms with Gasteiger partial charge in [0.1, 0.15) is 5.82 Å². The van der Waals surface area contributed by atoms with Crippen LogP contribution >= 0.6 is 0 Å². The molecule has 0 saturated heterocycles. The quantitative estimate of drug-likeness (QED) is 0.746. The minimum atomic E-state index is -0.944. The second-order valence-corrected chi connectivity index (χ2v) is 4.48. The number of hydrogen-bond donors (Lipinski definition) is 3. The maximum atomic E-state index is 11.1. The second-order valence-electron chi connectivity index (χ2n) is 4.48. The van der Waals surface area contributed by atoms with Gasteiger partial charge < -0.3 is 16.2 Å². The number of carboxylic acid groups (broad SMARTS) is 1. The molecule has 0 aliphatic heterocycles. The Morgan fingerprint density at radius 2 is 2.00 bits per heavy atom. The predicted molar refractivity (Wildman–Crippen MR) is 78.3 cm³/mol. The molecule has 0 radical (unpaired) electrons. The number of aromatic nitrogens is 1. The number of hydrogen-bond acceptors (Lipinski definition) is 4. The van der Waals surface area contributed by atoms with Crippen molar-refractivity contribution in [1.82, 2.24) is 4.98 Å². The molecule has 0 aliphatic rings. The first-order valence-electron chi connectivity index (χ1n) is 6.38. The van der Waals surface area contributed by atoms with Gasteiger partial charge in [-0.05, 0) is 36.2 Å². The van der Waals surface area contributed by atoms with Gasteiger partial charge in [-0.3, -0.25) is 4.79 Å². The number of primary amides is 1. The van der Waals surface area contributed by atoms with E-state index in [1.807, 2.05) is 6.07 Å². The summed E-state index contributed by atoms with van der Waals surface area (Å²) in [6.07, 6.45) is 2.15. The summed E-state index contributed by atoms with van der Waals surface area (Å²) in [5, 5.41) is 12.0. The van der Waals surface area contributed by atoms with Crippen LogP contribution in [0.3, 0.4) is 0 Å². The van der Waals surface area contributed by atoms with E-state index >= 15 is 0 Å². The average Bonchev–Trinajstić information content (AvgIpc) is 2.48. The number of benzene rings is 1. The Balaban J connectivity index is 1.95. The summed E-state index contributed by atoms with van der Waals surface area (Å²) >= 11 is 0. The van der Waals surface area contributed by atoms with E-state index in [0.717, 1.165) is 5.56 Å². The number of rotatable bonds is 6. The van der Waals surface area contributed by atoms with Gasteiger partial charge in [-0.2, -0.15) is 0 Å². The summed E-state index contributed by atoms with van der Waals surface area (Å²) in [7, 11) is 0. The number of pyridine rings is 1. The number of carbonyl (C=O) groups excluding carboxylic acids is 1. The van der Waals surface area contributed by atoms with E-state index in [2.05, 4.69) is 10.3 Å². The van der Waals surface area contributed by atoms with Crippen molar-refractivity contribution in [3.8, 4) is 0 Å². The van der Waals surface area contributed by atoms with Gasteiger partial charge in [0, 0.05) is 18.3 Å². The number of nitrogens with one attached hydrogen (secondary N) is 1. The van der Waals surface area contributed by atoms with Gasteiger partial charge in [0.05, 0.1) is 5.56 Å². The number of nitrogens with two attached hydrogens (primary N) is 1. The van der Waals surface area contributed by atoms with Gasteiger partial charge in [0.15, 0.2) is 0 Å². The fraction of sp³-hybridized carbons (Fsp3) is 0.133. The minimum Gasteiger partial charge on any atom is -0.478 e. The van der Waals surface area contributed by atoms with Gasteiger partial charge in [-0.25, -0.2) is 9.78 Å². The van der Waals surface area contributed by atoms with Gasteiger partial charge in [0.2, 0.25) is 5.91 Å². The molecule has 2 rings (SSSR count). The van der Waals surface area contributed by atoms with Gasteiger partial charge in [-0.15, -0.1) is 0 Å². The maximum Gasteiger partial charge on any atom is 0.335 e. The lowest BCUT2D eigenvalue weighted by Crippen LogP contribution is -2.12. The zero-order valence-corrected chi connectivity index (χ0v) is 11.2. The van der Waals surface area contributed by atoms with E-state index in [4.69, 9.17) is 10.8 Å². The van der Waals surface area contributed by atoms with E-state index < -0.39 is 11.9 Å². The SMILES string of the molecule is NC(=O)c1ccnc(NCCc2cccc(C(=O)O)c2)c1. The Bertz CT molecular complexity index is 613. The highest BCUT2D eigenvalue weighted by molar-refractivity contribution is 5.93. The summed E-state index contributed by atoms with van der Waals surface area (Å²) in [6, 6.07) is 9.89. The first kappa shape index (κ1) is 14.5. The largest absolute Gasteiger partial charge is 0.478 e. The minimum absolute atomic E-state index is 0.265. The third-order valence-electron chi connectivity index (χ3n) is 2.94. The van der Waals surface area contributed by atoms with Crippen molar-refractivity contribution in [2.75, 3.05) is 11.9 Å². The summed E-state index contributed by atoms with van der Waals surface area (Å²) in [6.45, 7) is 0.568. The molecule has 1 amide bonds. The topological polar surface area (TPSA) is 105 Å². The van der Waals surface area contributed by atoms with Gasteiger partial charge in [-0.1, -0.05) is 12.1 Å². The Morgan fingerprint density at radius 1 is 1.19 bits per heavy atom. The molecule has 1 heterocycles. The summed E-state index contributed by atoms with van der Waals surface area (Å²) in [5.74, 6) is -0.893. The highest BCUT2D eigenvalue weighted by atomic mass is 16.4. The Labute approximate surface area is 121 Å². The lowest BCUT2D eigenvalue weighted by atomic mass is 10.1. The zero-order chi connectivity index (χ0) is 15.2. The van der Waals surface area contributed by atoms with Crippen LogP contribution in [-0.2, 0) is 6.42 Å². The van der Waals surface area contributed by atoms with E-state index in [1.165, 1.54) is 6.20 Å². The molecule has 0 fully saturated rings. The van der Waals surface area contributed by atoms with Crippen LogP contribution in [0.15, 0.2) is 42.6 Å². The standard InChI is InChI=1S/C15H15N3O3/c16-14(19)11-5-7-18-13(9-11)17-6-4-10-2-1-3-12(8-10)15(20)21/h1-3,5,7-9H,4,6H2,(H2,16,19)(H,17,18)(H,20,21). The molecule has 0 bridgehead atoms. The fourth-order valence-corrected chi connectivity index (χ4v) is 1.88. The number of amides is 1. The number of carbonyl (C=O) groups is 2. The molecule has 0 spiro atoms. The van der Waals surface area contributed by atoms with Crippen molar-refractivity contribution >= 4 is 17.7 Å². The van der Waals surface area contributed by atoms with Crippen LogP contribution in [0.2, 0.25) is 0 Å². The molecule has 2 aromatic rings. The highest BCUT2D eigenvalue weighted by Crippen LogP contribution is 2.09. The molecule has 0 atom stereocenters. The Kier molecular flexibility index (Phi) is 4.50. The molecule has 6 heteroatoms. The molecular weight excluding hydrogens is 270 g/mol. The van der Waals surface area contributed by atoms with Crippen LogP contribution < -0.4 is 11.1 Å². The molecule has 0 aliphatic carbocycles. The first-order valence-corrected chi connectivity index (χ1v) is 6.38. The van der Waals surface area contributed by atoms with E-state index in [-0.39, 0.29) is 5.56 Å². The third kappa shape index (κ3) is 4.04. The number of aromatic carboxylic acids is 1. The smallest absolute Gasteiger partial charge is 0.335 e. The van der Waals surface area contributed by atoms with Crippen molar-refractivity contribution in [2.45, 2.75) is 6.42 Å². The van der Waals surface area contributed by atoms with Crippen LogP contribution in [0.25, 0.3) is 0 Å². The Hall–Kier alpha value is -2.89. The van der Waals surface area contributed by atoms with E-state index in [0.29, 0.717) is 24.3 Å².